The number of rotatable bonds is 6. The summed E-state index contributed by atoms with van der Waals surface area (Å²) in [5.74, 6) is 0.0766. The monoisotopic (exact) mass is 612 g/mol. The van der Waals surface area contributed by atoms with Gasteiger partial charge in [-0.15, -0.1) is 0 Å². The molecule has 0 radical (unpaired) electrons. The molecule has 226 valence electrons. The van der Waals surface area contributed by atoms with Gasteiger partial charge in [-0.3, -0.25) is 0 Å². The lowest BCUT2D eigenvalue weighted by Crippen LogP contribution is -2.04. The molecule has 1 unspecified atom stereocenters. The molecule has 9 aromatic rings. The van der Waals surface area contributed by atoms with Gasteiger partial charge in [-0.05, 0) is 85.1 Å². The van der Waals surface area contributed by atoms with Gasteiger partial charge in [-0.2, -0.15) is 0 Å². The molecular weight excluding hydrogens is 581 g/mol. The van der Waals surface area contributed by atoms with Crippen LogP contribution in [-0.4, -0.2) is 0 Å². The SMILES string of the molecule is c1ccc(-c2cccc(-c3ccc(C(c4ccc(-c5ccc6c(c5)oc5ccccc56)cc4)c4cccc5ccccc45)cc3)c2)cc1. The van der Waals surface area contributed by atoms with Crippen molar-refractivity contribution in [3.05, 3.63) is 205 Å². The number of hydrogen-bond acceptors (Lipinski definition) is 1. The molecular formula is C47H32O. The lowest BCUT2D eigenvalue weighted by atomic mass is 9.82. The molecule has 0 saturated heterocycles. The van der Waals surface area contributed by atoms with Gasteiger partial charge in [0, 0.05) is 16.7 Å². The topological polar surface area (TPSA) is 13.1 Å². The maximum Gasteiger partial charge on any atom is 0.136 e. The highest BCUT2D eigenvalue weighted by Gasteiger charge is 2.20. The Morgan fingerprint density at radius 2 is 0.812 bits per heavy atom. The lowest BCUT2D eigenvalue weighted by Gasteiger charge is -2.22. The molecule has 48 heavy (non-hydrogen) atoms. The summed E-state index contributed by atoms with van der Waals surface area (Å²) in [7, 11) is 0. The van der Waals surface area contributed by atoms with Crippen LogP contribution in [0.1, 0.15) is 22.6 Å². The van der Waals surface area contributed by atoms with Crippen molar-refractivity contribution in [3.8, 4) is 33.4 Å². The number of furan rings is 1. The standard InChI is InChI=1S/C47H32O/c1-2-10-32(11-3-1)38-14-8-15-39(30-38)33-20-24-36(25-21-33)47(44-18-9-13-35-12-4-5-16-41(35)44)37-26-22-34(23-27-37)40-28-29-43-42-17-6-7-19-45(42)48-46(43)31-40/h1-31,47H. The van der Waals surface area contributed by atoms with Crippen molar-refractivity contribution in [1.29, 1.82) is 0 Å². The van der Waals surface area contributed by atoms with Gasteiger partial charge in [0.1, 0.15) is 11.2 Å². The van der Waals surface area contributed by atoms with Gasteiger partial charge in [0.25, 0.3) is 0 Å². The first-order valence-electron chi connectivity index (χ1n) is 16.5. The molecule has 1 heteroatoms. The Kier molecular flexibility index (Phi) is 6.95. The van der Waals surface area contributed by atoms with Crippen LogP contribution in [0, 0.1) is 0 Å². The largest absolute Gasteiger partial charge is 0.456 e. The molecule has 0 saturated carbocycles. The van der Waals surface area contributed by atoms with E-state index in [4.69, 9.17) is 4.42 Å². The average molecular weight is 613 g/mol. The van der Waals surface area contributed by atoms with E-state index in [0.717, 1.165) is 27.5 Å². The van der Waals surface area contributed by atoms with Crippen LogP contribution >= 0.6 is 0 Å². The van der Waals surface area contributed by atoms with Crippen molar-refractivity contribution < 1.29 is 4.42 Å². The Hall–Kier alpha value is -6.18. The van der Waals surface area contributed by atoms with Crippen LogP contribution < -0.4 is 0 Å². The third-order valence-corrected chi connectivity index (χ3v) is 9.64. The van der Waals surface area contributed by atoms with Crippen LogP contribution in [0.4, 0.5) is 0 Å². The fraction of sp³-hybridized carbons (Fsp3) is 0.0213. The van der Waals surface area contributed by atoms with E-state index in [0.29, 0.717) is 0 Å². The van der Waals surface area contributed by atoms with Gasteiger partial charge in [0.05, 0.1) is 0 Å². The van der Waals surface area contributed by atoms with Crippen molar-refractivity contribution >= 4 is 32.7 Å². The van der Waals surface area contributed by atoms with Crippen molar-refractivity contribution in [2.24, 2.45) is 0 Å². The van der Waals surface area contributed by atoms with Gasteiger partial charge < -0.3 is 4.42 Å². The predicted octanol–water partition coefficient (Wildman–Crippen LogP) is 12.9. The van der Waals surface area contributed by atoms with E-state index < -0.39 is 0 Å². The fourth-order valence-corrected chi connectivity index (χ4v) is 7.20. The van der Waals surface area contributed by atoms with Crippen molar-refractivity contribution in [2.75, 3.05) is 0 Å². The van der Waals surface area contributed by atoms with Crippen LogP contribution in [0.5, 0.6) is 0 Å². The Balaban J connectivity index is 1.10. The first kappa shape index (κ1) is 28.1. The molecule has 1 heterocycles. The molecule has 1 atom stereocenters. The van der Waals surface area contributed by atoms with E-state index in [1.165, 1.54) is 55.3 Å². The Morgan fingerprint density at radius 3 is 1.54 bits per heavy atom. The second-order valence-corrected chi connectivity index (χ2v) is 12.5. The molecule has 0 amide bonds. The van der Waals surface area contributed by atoms with Gasteiger partial charge in [0.2, 0.25) is 0 Å². The number of para-hydroxylation sites is 1. The molecule has 0 bridgehead atoms. The highest BCUT2D eigenvalue weighted by Crippen LogP contribution is 2.39. The molecule has 0 aliphatic rings. The first-order chi connectivity index (χ1) is 23.8. The van der Waals surface area contributed by atoms with Crippen molar-refractivity contribution in [2.45, 2.75) is 5.92 Å². The van der Waals surface area contributed by atoms with Gasteiger partial charge in [-0.1, -0.05) is 164 Å². The Labute approximate surface area is 280 Å². The summed E-state index contributed by atoms with van der Waals surface area (Å²) in [6.45, 7) is 0. The average Bonchev–Trinajstić information content (AvgIpc) is 3.54. The minimum Gasteiger partial charge on any atom is -0.456 e. The van der Waals surface area contributed by atoms with E-state index in [-0.39, 0.29) is 5.92 Å². The van der Waals surface area contributed by atoms with Crippen molar-refractivity contribution in [1.82, 2.24) is 0 Å². The zero-order valence-electron chi connectivity index (χ0n) is 26.4. The molecule has 0 fully saturated rings. The van der Waals surface area contributed by atoms with E-state index in [1.54, 1.807) is 0 Å². The number of hydrogen-bond donors (Lipinski definition) is 0. The summed E-state index contributed by atoms with van der Waals surface area (Å²) in [6, 6.07) is 67.8. The Morgan fingerprint density at radius 1 is 0.312 bits per heavy atom. The number of benzene rings is 8. The molecule has 0 aliphatic carbocycles. The lowest BCUT2D eigenvalue weighted by molar-refractivity contribution is 0.669. The van der Waals surface area contributed by atoms with Crippen LogP contribution in [0.3, 0.4) is 0 Å². The Bertz CT molecular complexity index is 2530. The van der Waals surface area contributed by atoms with E-state index in [2.05, 4.69) is 176 Å². The molecule has 0 N–H and O–H groups in total. The summed E-state index contributed by atoms with van der Waals surface area (Å²) in [5.41, 5.74) is 12.9. The van der Waals surface area contributed by atoms with E-state index >= 15 is 0 Å². The minimum atomic E-state index is 0.0766. The number of fused-ring (bicyclic) bond motifs is 4. The molecule has 9 rings (SSSR count). The molecule has 1 aromatic heterocycles. The summed E-state index contributed by atoms with van der Waals surface area (Å²) in [5, 5.41) is 4.84. The predicted molar refractivity (Wildman–Crippen MR) is 201 cm³/mol. The smallest absolute Gasteiger partial charge is 0.136 e. The maximum atomic E-state index is 6.20. The molecule has 8 aromatic carbocycles. The third kappa shape index (κ3) is 5.07. The van der Waals surface area contributed by atoms with Gasteiger partial charge >= 0.3 is 0 Å². The van der Waals surface area contributed by atoms with Crippen LogP contribution in [-0.2, 0) is 0 Å². The van der Waals surface area contributed by atoms with Crippen LogP contribution in [0.25, 0.3) is 66.1 Å². The maximum absolute atomic E-state index is 6.20. The zero-order valence-corrected chi connectivity index (χ0v) is 26.4. The fourth-order valence-electron chi connectivity index (χ4n) is 7.20. The molecule has 1 nitrogen and oxygen atoms in total. The minimum absolute atomic E-state index is 0.0766. The molecule has 0 spiro atoms. The third-order valence-electron chi connectivity index (χ3n) is 9.64. The second kappa shape index (κ2) is 11.9. The quantitative estimate of drug-likeness (QED) is 0.170. The van der Waals surface area contributed by atoms with E-state index in [1.807, 2.05) is 12.1 Å². The summed E-state index contributed by atoms with van der Waals surface area (Å²) >= 11 is 0. The first-order valence-corrected chi connectivity index (χ1v) is 16.5. The second-order valence-electron chi connectivity index (χ2n) is 12.5. The zero-order chi connectivity index (χ0) is 31.9. The highest BCUT2D eigenvalue weighted by molar-refractivity contribution is 6.05. The van der Waals surface area contributed by atoms with Gasteiger partial charge in [0.15, 0.2) is 0 Å². The summed E-state index contributed by atoms with van der Waals surface area (Å²) in [6.07, 6.45) is 0. The van der Waals surface area contributed by atoms with Crippen LogP contribution in [0.15, 0.2) is 192 Å². The van der Waals surface area contributed by atoms with Crippen LogP contribution in [0.2, 0.25) is 0 Å². The normalized spacial score (nSPS) is 12.1. The summed E-state index contributed by atoms with van der Waals surface area (Å²) in [4.78, 5) is 0. The van der Waals surface area contributed by atoms with E-state index in [9.17, 15) is 0 Å². The summed E-state index contributed by atoms with van der Waals surface area (Å²) < 4.78 is 6.20. The highest BCUT2D eigenvalue weighted by atomic mass is 16.3. The van der Waals surface area contributed by atoms with Crippen molar-refractivity contribution in [3.63, 3.8) is 0 Å². The molecule has 0 aliphatic heterocycles. The van der Waals surface area contributed by atoms with Gasteiger partial charge in [-0.25, -0.2) is 0 Å².